The summed E-state index contributed by atoms with van der Waals surface area (Å²) in [6.07, 6.45) is -0.332. The summed E-state index contributed by atoms with van der Waals surface area (Å²) < 4.78 is 16.8. The van der Waals surface area contributed by atoms with Crippen LogP contribution in [-0.4, -0.2) is 61.6 Å². The van der Waals surface area contributed by atoms with Gasteiger partial charge in [-0.2, -0.15) is 0 Å². The smallest absolute Gasteiger partial charge is 0.329 e. The third kappa shape index (κ3) is 6.47. The lowest BCUT2D eigenvalue weighted by Gasteiger charge is -2.29. The first-order chi connectivity index (χ1) is 15.7. The van der Waals surface area contributed by atoms with Gasteiger partial charge in [0.05, 0.1) is 6.54 Å². The van der Waals surface area contributed by atoms with E-state index in [1.165, 1.54) is 4.90 Å². The third-order valence-corrected chi connectivity index (χ3v) is 5.33. The van der Waals surface area contributed by atoms with Gasteiger partial charge in [-0.3, -0.25) is 9.59 Å². The molecule has 0 radical (unpaired) electrons. The molecule has 1 unspecified atom stereocenters. The van der Waals surface area contributed by atoms with E-state index in [0.29, 0.717) is 23.7 Å². The van der Waals surface area contributed by atoms with Gasteiger partial charge < -0.3 is 24.4 Å². The number of nitrogens with zero attached hydrogens (tertiary/aromatic N) is 1. The highest BCUT2D eigenvalue weighted by Gasteiger charge is 2.28. The average molecular weight is 455 g/mol. The van der Waals surface area contributed by atoms with Crippen LogP contribution in [0, 0.1) is 12.8 Å². The summed E-state index contributed by atoms with van der Waals surface area (Å²) in [5, 5.41) is 2.71. The zero-order valence-electron chi connectivity index (χ0n) is 19.4. The van der Waals surface area contributed by atoms with Gasteiger partial charge in [-0.15, -0.1) is 0 Å². The molecular formula is C25H30N2O6. The second-order valence-corrected chi connectivity index (χ2v) is 8.44. The maximum Gasteiger partial charge on any atom is 0.329 e. The van der Waals surface area contributed by atoms with Crippen LogP contribution in [0.15, 0.2) is 48.5 Å². The molecule has 2 amide bonds. The van der Waals surface area contributed by atoms with Crippen molar-refractivity contribution < 1.29 is 28.6 Å². The van der Waals surface area contributed by atoms with Crippen LogP contribution in [0.4, 0.5) is 0 Å². The Morgan fingerprint density at radius 2 is 1.76 bits per heavy atom. The van der Waals surface area contributed by atoms with Crippen molar-refractivity contribution in [2.24, 2.45) is 5.92 Å². The SMILES string of the molecule is Cc1ccc(C(=O)N[C@H](C(=O)OCC(=O)N(C)CC2COc3ccccc3O2)C(C)C)cc1. The molecule has 0 saturated carbocycles. The summed E-state index contributed by atoms with van der Waals surface area (Å²) in [6, 6.07) is 13.5. The molecule has 0 spiro atoms. The number of rotatable bonds is 8. The first-order valence-electron chi connectivity index (χ1n) is 10.9. The summed E-state index contributed by atoms with van der Waals surface area (Å²) in [5.74, 6) is -0.317. The summed E-state index contributed by atoms with van der Waals surface area (Å²) in [4.78, 5) is 39.1. The number of nitrogens with one attached hydrogen (secondary N) is 1. The van der Waals surface area contributed by atoms with Crippen LogP contribution in [0.1, 0.15) is 29.8 Å². The fraction of sp³-hybridized carbons (Fsp3) is 0.400. The van der Waals surface area contributed by atoms with E-state index >= 15 is 0 Å². The number of hydrogen-bond acceptors (Lipinski definition) is 6. The Morgan fingerprint density at radius 1 is 1.09 bits per heavy atom. The Balaban J connectivity index is 1.49. The number of ether oxygens (including phenoxy) is 3. The summed E-state index contributed by atoms with van der Waals surface area (Å²) >= 11 is 0. The van der Waals surface area contributed by atoms with Gasteiger partial charge in [-0.1, -0.05) is 43.7 Å². The number of carbonyl (C=O) groups excluding carboxylic acids is 3. The lowest BCUT2D eigenvalue weighted by molar-refractivity contribution is -0.154. The molecular weight excluding hydrogens is 424 g/mol. The molecule has 1 heterocycles. The molecule has 1 aliphatic rings. The molecule has 2 aromatic rings. The molecule has 0 bridgehead atoms. The first kappa shape index (κ1) is 24.1. The van der Waals surface area contributed by atoms with Crippen molar-refractivity contribution >= 4 is 17.8 Å². The number of fused-ring (bicyclic) bond motifs is 1. The van der Waals surface area contributed by atoms with Gasteiger partial charge in [0.15, 0.2) is 24.2 Å². The predicted molar refractivity (Wildman–Crippen MR) is 122 cm³/mol. The number of benzene rings is 2. The van der Waals surface area contributed by atoms with Gasteiger partial charge in [0.1, 0.15) is 12.6 Å². The van der Waals surface area contributed by atoms with E-state index in [4.69, 9.17) is 14.2 Å². The van der Waals surface area contributed by atoms with Crippen molar-refractivity contribution in [2.45, 2.75) is 32.9 Å². The van der Waals surface area contributed by atoms with E-state index in [1.807, 2.05) is 43.3 Å². The van der Waals surface area contributed by atoms with Gasteiger partial charge in [0.2, 0.25) is 0 Å². The van der Waals surface area contributed by atoms with Crippen LogP contribution in [-0.2, 0) is 14.3 Å². The number of para-hydroxylation sites is 2. The van der Waals surface area contributed by atoms with Crippen molar-refractivity contribution in [2.75, 3.05) is 26.8 Å². The summed E-state index contributed by atoms with van der Waals surface area (Å²) in [5.41, 5.74) is 1.48. The quantitative estimate of drug-likeness (QED) is 0.617. The minimum Gasteiger partial charge on any atom is -0.486 e. The minimum atomic E-state index is -0.872. The number of aryl methyl sites for hydroxylation is 1. The summed E-state index contributed by atoms with van der Waals surface area (Å²) in [7, 11) is 1.61. The zero-order chi connectivity index (χ0) is 24.0. The topological polar surface area (TPSA) is 94.2 Å². The van der Waals surface area contributed by atoms with Gasteiger partial charge in [-0.25, -0.2) is 4.79 Å². The number of hydrogen-bond donors (Lipinski definition) is 1. The Hall–Kier alpha value is -3.55. The zero-order valence-corrected chi connectivity index (χ0v) is 19.4. The molecule has 8 heteroatoms. The largest absolute Gasteiger partial charge is 0.486 e. The van der Waals surface area contributed by atoms with E-state index in [0.717, 1.165) is 5.56 Å². The van der Waals surface area contributed by atoms with E-state index in [1.54, 1.807) is 33.0 Å². The Kier molecular flexibility index (Phi) is 7.92. The Morgan fingerprint density at radius 3 is 2.42 bits per heavy atom. The van der Waals surface area contributed by atoms with Crippen molar-refractivity contribution in [3.63, 3.8) is 0 Å². The van der Waals surface area contributed by atoms with Crippen LogP contribution >= 0.6 is 0 Å². The van der Waals surface area contributed by atoms with E-state index in [2.05, 4.69) is 5.32 Å². The molecule has 176 valence electrons. The molecule has 3 rings (SSSR count). The van der Waals surface area contributed by atoms with Crippen LogP contribution in [0.25, 0.3) is 0 Å². The van der Waals surface area contributed by atoms with Crippen LogP contribution < -0.4 is 14.8 Å². The average Bonchev–Trinajstić information content (AvgIpc) is 2.80. The van der Waals surface area contributed by atoms with E-state index < -0.39 is 18.6 Å². The summed E-state index contributed by atoms with van der Waals surface area (Å²) in [6.45, 7) is 5.69. The number of esters is 1. The van der Waals surface area contributed by atoms with Crippen molar-refractivity contribution in [1.82, 2.24) is 10.2 Å². The lowest BCUT2D eigenvalue weighted by atomic mass is 10.0. The maximum atomic E-state index is 12.6. The highest BCUT2D eigenvalue weighted by Crippen LogP contribution is 2.30. The van der Waals surface area contributed by atoms with E-state index in [9.17, 15) is 14.4 Å². The normalized spacial score (nSPS) is 15.5. The molecule has 1 N–H and O–H groups in total. The standard InChI is InChI=1S/C25H30N2O6/c1-16(2)23(26-24(29)18-11-9-17(3)10-12-18)25(30)32-15-22(28)27(4)13-19-14-31-20-7-5-6-8-21(20)33-19/h5-12,16,19,23H,13-15H2,1-4H3,(H,26,29)/t19?,23-/m0/s1. The Bertz CT molecular complexity index is 989. The molecule has 33 heavy (non-hydrogen) atoms. The molecule has 2 aromatic carbocycles. The van der Waals surface area contributed by atoms with Gasteiger partial charge >= 0.3 is 5.97 Å². The monoisotopic (exact) mass is 454 g/mol. The first-order valence-corrected chi connectivity index (χ1v) is 10.9. The highest BCUT2D eigenvalue weighted by molar-refractivity contribution is 5.97. The second-order valence-electron chi connectivity index (χ2n) is 8.44. The van der Waals surface area contributed by atoms with Crippen LogP contribution in [0.2, 0.25) is 0 Å². The Labute approximate surface area is 193 Å². The number of carbonyl (C=O) groups is 3. The molecule has 0 fully saturated rings. The third-order valence-electron chi connectivity index (χ3n) is 5.33. The number of amides is 2. The molecule has 8 nitrogen and oxygen atoms in total. The van der Waals surface area contributed by atoms with Crippen molar-refractivity contribution in [1.29, 1.82) is 0 Å². The molecule has 1 aliphatic heterocycles. The minimum absolute atomic E-state index is 0.215. The van der Waals surface area contributed by atoms with E-state index in [-0.39, 0.29) is 30.4 Å². The highest BCUT2D eigenvalue weighted by atomic mass is 16.6. The molecule has 2 atom stereocenters. The van der Waals surface area contributed by atoms with Crippen LogP contribution in [0.3, 0.4) is 0 Å². The fourth-order valence-electron chi connectivity index (χ4n) is 3.32. The van der Waals surface area contributed by atoms with Gasteiger partial charge in [-0.05, 0) is 37.1 Å². The molecule has 0 aromatic heterocycles. The lowest BCUT2D eigenvalue weighted by Crippen LogP contribution is -2.47. The maximum absolute atomic E-state index is 12.6. The van der Waals surface area contributed by atoms with Crippen molar-refractivity contribution in [3.05, 3.63) is 59.7 Å². The van der Waals surface area contributed by atoms with Gasteiger partial charge in [0, 0.05) is 12.6 Å². The van der Waals surface area contributed by atoms with Gasteiger partial charge in [0.25, 0.3) is 11.8 Å². The molecule has 0 saturated heterocycles. The predicted octanol–water partition coefficient (Wildman–Crippen LogP) is 2.59. The second kappa shape index (κ2) is 10.8. The molecule has 0 aliphatic carbocycles. The van der Waals surface area contributed by atoms with Crippen LogP contribution in [0.5, 0.6) is 11.5 Å². The van der Waals surface area contributed by atoms with Crippen molar-refractivity contribution in [3.8, 4) is 11.5 Å². The number of likely N-dealkylation sites (N-methyl/N-ethyl adjacent to an activating group) is 1. The fourth-order valence-corrected chi connectivity index (χ4v) is 3.32.